The Morgan fingerprint density at radius 2 is 2.00 bits per heavy atom. The van der Waals surface area contributed by atoms with E-state index in [4.69, 9.17) is 4.42 Å². The van der Waals surface area contributed by atoms with E-state index >= 15 is 0 Å². The van der Waals surface area contributed by atoms with Crippen molar-refractivity contribution >= 4 is 11.8 Å². The summed E-state index contributed by atoms with van der Waals surface area (Å²) in [5.41, 5.74) is 5.28. The van der Waals surface area contributed by atoms with Gasteiger partial charge in [0.25, 0.3) is 5.91 Å². The normalized spacial score (nSPS) is 22.1. The van der Waals surface area contributed by atoms with Crippen molar-refractivity contribution in [3.63, 3.8) is 0 Å². The first-order chi connectivity index (χ1) is 7.99. The molecule has 1 heterocycles. The van der Waals surface area contributed by atoms with Crippen LogP contribution in [0.25, 0.3) is 0 Å². The van der Waals surface area contributed by atoms with Crippen LogP contribution >= 0.6 is 0 Å². The van der Waals surface area contributed by atoms with Gasteiger partial charge in [-0.25, -0.2) is 0 Å². The highest BCUT2D eigenvalue weighted by Crippen LogP contribution is 2.37. The molecule has 5 heteroatoms. The zero-order chi connectivity index (χ0) is 12.6. The number of carbonyl (C=O) groups is 2. The van der Waals surface area contributed by atoms with Gasteiger partial charge in [-0.2, -0.15) is 0 Å². The Morgan fingerprint density at radius 1 is 1.35 bits per heavy atom. The van der Waals surface area contributed by atoms with Crippen LogP contribution in [0.1, 0.15) is 35.2 Å². The van der Waals surface area contributed by atoms with Crippen molar-refractivity contribution in [2.45, 2.75) is 27.2 Å². The molecule has 1 aromatic heterocycles. The Labute approximate surface area is 99.5 Å². The lowest BCUT2D eigenvalue weighted by Gasteiger charge is -2.05. The van der Waals surface area contributed by atoms with Gasteiger partial charge < -0.3 is 4.42 Å². The molecule has 0 unspecified atom stereocenters. The first-order valence-electron chi connectivity index (χ1n) is 5.66. The van der Waals surface area contributed by atoms with Gasteiger partial charge in [0.2, 0.25) is 5.91 Å². The van der Waals surface area contributed by atoms with E-state index in [1.165, 1.54) is 0 Å². The summed E-state index contributed by atoms with van der Waals surface area (Å²) in [6, 6.07) is 1.65. The molecule has 2 amide bonds. The molecule has 0 saturated heterocycles. The Hall–Kier alpha value is -1.78. The van der Waals surface area contributed by atoms with Crippen LogP contribution in [0.4, 0.5) is 0 Å². The van der Waals surface area contributed by atoms with Crippen LogP contribution in [-0.2, 0) is 4.79 Å². The maximum absolute atomic E-state index is 11.7. The van der Waals surface area contributed by atoms with E-state index in [2.05, 4.69) is 10.9 Å². The highest BCUT2D eigenvalue weighted by Gasteiger charge is 2.39. The van der Waals surface area contributed by atoms with Crippen LogP contribution in [0.5, 0.6) is 0 Å². The third-order valence-corrected chi connectivity index (χ3v) is 3.03. The maximum atomic E-state index is 11.7. The second-order valence-electron chi connectivity index (χ2n) is 4.59. The largest absolute Gasteiger partial charge is 0.466 e. The summed E-state index contributed by atoms with van der Waals surface area (Å²) < 4.78 is 5.25. The van der Waals surface area contributed by atoms with Crippen molar-refractivity contribution in [3.05, 3.63) is 23.2 Å². The molecule has 2 atom stereocenters. The number of hydrogen-bond donors (Lipinski definition) is 2. The molecular weight excluding hydrogens is 220 g/mol. The van der Waals surface area contributed by atoms with Crippen LogP contribution in [0.15, 0.2) is 10.5 Å². The molecule has 0 aliphatic heterocycles. The van der Waals surface area contributed by atoms with E-state index in [-0.39, 0.29) is 17.7 Å². The minimum atomic E-state index is -0.346. The number of nitrogens with one attached hydrogen (secondary N) is 2. The van der Waals surface area contributed by atoms with Crippen LogP contribution in [0.3, 0.4) is 0 Å². The average Bonchev–Trinajstić information content (AvgIpc) is 2.89. The number of carbonyl (C=O) groups excluding carboxylic acids is 2. The van der Waals surface area contributed by atoms with Crippen molar-refractivity contribution < 1.29 is 14.0 Å². The van der Waals surface area contributed by atoms with Crippen molar-refractivity contribution in [3.8, 4) is 0 Å². The summed E-state index contributed by atoms with van der Waals surface area (Å²) in [5.74, 6) is 1.22. The SMILES string of the molecule is Cc1cc(C(=O)NNC(=O)[C@@H]2C[C@H]2C)c(C)o1. The Balaban J connectivity index is 1.89. The zero-order valence-corrected chi connectivity index (χ0v) is 10.2. The van der Waals surface area contributed by atoms with Crippen LogP contribution in [-0.4, -0.2) is 11.8 Å². The fraction of sp³-hybridized carbons (Fsp3) is 0.500. The van der Waals surface area contributed by atoms with Gasteiger partial charge in [-0.3, -0.25) is 20.4 Å². The van der Waals surface area contributed by atoms with E-state index in [1.54, 1.807) is 19.9 Å². The summed E-state index contributed by atoms with van der Waals surface area (Å²) in [5, 5.41) is 0. The molecule has 0 aromatic carbocycles. The second-order valence-corrected chi connectivity index (χ2v) is 4.59. The molecule has 2 N–H and O–H groups in total. The van der Waals surface area contributed by atoms with Crippen molar-refractivity contribution in [1.82, 2.24) is 10.9 Å². The molecule has 1 aromatic rings. The first-order valence-corrected chi connectivity index (χ1v) is 5.66. The molecule has 17 heavy (non-hydrogen) atoms. The van der Waals surface area contributed by atoms with E-state index in [0.717, 1.165) is 6.42 Å². The molecule has 0 radical (unpaired) electrons. The molecule has 1 aliphatic rings. The van der Waals surface area contributed by atoms with Crippen LogP contribution in [0.2, 0.25) is 0 Å². The Bertz CT molecular complexity index is 464. The topological polar surface area (TPSA) is 71.3 Å². The van der Waals surface area contributed by atoms with Gasteiger partial charge >= 0.3 is 0 Å². The smallest absolute Gasteiger partial charge is 0.273 e. The van der Waals surface area contributed by atoms with E-state index in [9.17, 15) is 9.59 Å². The lowest BCUT2D eigenvalue weighted by molar-refractivity contribution is -0.123. The molecule has 5 nitrogen and oxygen atoms in total. The van der Waals surface area contributed by atoms with Gasteiger partial charge in [0, 0.05) is 5.92 Å². The lowest BCUT2D eigenvalue weighted by atomic mass is 10.2. The lowest BCUT2D eigenvalue weighted by Crippen LogP contribution is -2.42. The number of furan rings is 1. The Morgan fingerprint density at radius 3 is 2.47 bits per heavy atom. The van der Waals surface area contributed by atoms with Gasteiger partial charge in [0.1, 0.15) is 11.5 Å². The molecule has 2 rings (SSSR count). The summed E-state index contributed by atoms with van der Waals surface area (Å²) in [7, 11) is 0. The van der Waals surface area contributed by atoms with Crippen LogP contribution in [0, 0.1) is 25.7 Å². The second kappa shape index (κ2) is 4.24. The molecule has 1 saturated carbocycles. The minimum Gasteiger partial charge on any atom is -0.466 e. The molecule has 0 bridgehead atoms. The van der Waals surface area contributed by atoms with Gasteiger partial charge in [-0.05, 0) is 32.3 Å². The number of rotatable bonds is 2. The molecular formula is C12H16N2O3. The molecule has 0 spiro atoms. The predicted octanol–water partition coefficient (Wildman–Crippen LogP) is 1.31. The fourth-order valence-electron chi connectivity index (χ4n) is 1.82. The van der Waals surface area contributed by atoms with Crippen LogP contribution < -0.4 is 10.9 Å². The number of hydrogen-bond acceptors (Lipinski definition) is 3. The van der Waals surface area contributed by atoms with Gasteiger partial charge in [0.15, 0.2) is 0 Å². The molecule has 1 aliphatic carbocycles. The monoisotopic (exact) mass is 236 g/mol. The summed E-state index contributed by atoms with van der Waals surface area (Å²) in [6.07, 6.45) is 0.894. The average molecular weight is 236 g/mol. The number of amides is 2. The van der Waals surface area contributed by atoms with Crippen molar-refractivity contribution in [1.29, 1.82) is 0 Å². The molecule has 1 fully saturated rings. The third kappa shape index (κ3) is 2.49. The van der Waals surface area contributed by atoms with E-state index < -0.39 is 0 Å². The highest BCUT2D eigenvalue weighted by molar-refractivity contribution is 5.96. The summed E-state index contributed by atoms with van der Waals surface area (Å²) in [6.45, 7) is 5.50. The van der Waals surface area contributed by atoms with E-state index in [0.29, 0.717) is 23.0 Å². The van der Waals surface area contributed by atoms with Gasteiger partial charge in [-0.15, -0.1) is 0 Å². The minimum absolute atomic E-state index is 0.0440. The zero-order valence-electron chi connectivity index (χ0n) is 10.2. The summed E-state index contributed by atoms with van der Waals surface area (Å²) in [4.78, 5) is 23.2. The summed E-state index contributed by atoms with van der Waals surface area (Å²) >= 11 is 0. The Kier molecular flexibility index (Phi) is 2.92. The third-order valence-electron chi connectivity index (χ3n) is 3.03. The standard InChI is InChI=1S/C12H16N2O3/c1-6-4-9(6)11(15)13-14-12(16)10-5-7(2)17-8(10)3/h5-6,9H,4H2,1-3H3,(H,13,15)(H,14,16)/t6-,9-/m1/s1. The van der Waals surface area contributed by atoms with Gasteiger partial charge in [-0.1, -0.05) is 6.92 Å². The first kappa shape index (κ1) is 11.7. The van der Waals surface area contributed by atoms with E-state index in [1.807, 2.05) is 6.92 Å². The number of aryl methyl sites for hydroxylation is 2. The molecule has 92 valence electrons. The number of hydrazine groups is 1. The highest BCUT2D eigenvalue weighted by atomic mass is 16.3. The fourth-order valence-corrected chi connectivity index (χ4v) is 1.82. The van der Waals surface area contributed by atoms with Gasteiger partial charge in [0.05, 0.1) is 5.56 Å². The van der Waals surface area contributed by atoms with Crippen molar-refractivity contribution in [2.24, 2.45) is 11.8 Å². The maximum Gasteiger partial charge on any atom is 0.273 e. The van der Waals surface area contributed by atoms with Crippen molar-refractivity contribution in [2.75, 3.05) is 0 Å². The predicted molar refractivity (Wildman–Crippen MR) is 61.1 cm³/mol. The quantitative estimate of drug-likeness (QED) is 0.760.